The summed E-state index contributed by atoms with van der Waals surface area (Å²) in [5.74, 6) is 0.440. The first-order chi connectivity index (χ1) is 9.37. The molecule has 0 radical (unpaired) electrons. The maximum atomic E-state index is 12.2. The lowest BCUT2D eigenvalue weighted by molar-refractivity contribution is 0.0520. The van der Waals surface area contributed by atoms with E-state index >= 15 is 0 Å². The average molecular weight is 275 g/mol. The van der Waals surface area contributed by atoms with Gasteiger partial charge >= 0.3 is 6.09 Å². The number of ether oxygens (including phenoxy) is 1. The van der Waals surface area contributed by atoms with Crippen LogP contribution in [0, 0.1) is 0 Å². The van der Waals surface area contributed by atoms with E-state index in [0.29, 0.717) is 11.5 Å². The van der Waals surface area contributed by atoms with Gasteiger partial charge in [-0.25, -0.2) is 4.79 Å². The van der Waals surface area contributed by atoms with Crippen molar-refractivity contribution in [2.45, 2.75) is 45.1 Å². The van der Waals surface area contributed by atoms with Crippen molar-refractivity contribution in [3.63, 3.8) is 0 Å². The number of carbonyl (C=O) groups excluding carboxylic acids is 2. The normalized spacial score (nSPS) is 14.8. The number of nitrogens with one attached hydrogen (secondary N) is 1. The Kier molecular flexibility index (Phi) is 4.12. The predicted octanol–water partition coefficient (Wildman–Crippen LogP) is 3.27. The van der Waals surface area contributed by atoms with Gasteiger partial charge in [0.1, 0.15) is 5.60 Å². The van der Waals surface area contributed by atoms with Crippen molar-refractivity contribution in [2.75, 3.05) is 6.54 Å². The van der Waals surface area contributed by atoms with Gasteiger partial charge in [0.05, 0.1) is 6.54 Å². The first-order valence-electron chi connectivity index (χ1n) is 6.96. The quantitative estimate of drug-likeness (QED) is 0.858. The molecule has 1 aromatic rings. The molecule has 4 nitrogen and oxygen atoms in total. The fraction of sp³-hybridized carbons (Fsp3) is 0.500. The van der Waals surface area contributed by atoms with E-state index in [9.17, 15) is 9.59 Å². The molecule has 20 heavy (non-hydrogen) atoms. The topological polar surface area (TPSA) is 55.4 Å². The van der Waals surface area contributed by atoms with Gasteiger partial charge in [-0.15, -0.1) is 0 Å². The van der Waals surface area contributed by atoms with Crippen LogP contribution in [0.4, 0.5) is 4.79 Å². The van der Waals surface area contributed by atoms with E-state index in [2.05, 4.69) is 5.32 Å². The molecule has 2 rings (SSSR count). The van der Waals surface area contributed by atoms with E-state index in [-0.39, 0.29) is 12.3 Å². The summed E-state index contributed by atoms with van der Waals surface area (Å²) < 4.78 is 5.11. The van der Waals surface area contributed by atoms with Crippen LogP contribution in [-0.4, -0.2) is 24.0 Å². The Bertz CT molecular complexity index is 513. The van der Waals surface area contributed by atoms with Crippen LogP contribution in [0.5, 0.6) is 0 Å². The zero-order valence-corrected chi connectivity index (χ0v) is 12.2. The van der Waals surface area contributed by atoms with Crippen LogP contribution in [0.1, 0.15) is 55.5 Å². The standard InChI is InChI=1S/C16H21NO3/c1-16(2,3)20-15(19)17-10-14(18)13-7-5-4-6-12(13)11-8-9-11/h4-7,11H,8-10H2,1-3H3,(H,17,19). The first kappa shape index (κ1) is 14.6. The molecule has 4 heteroatoms. The van der Waals surface area contributed by atoms with Gasteiger partial charge in [0.25, 0.3) is 0 Å². The van der Waals surface area contributed by atoms with E-state index in [1.54, 1.807) is 20.8 Å². The Labute approximate surface area is 119 Å². The van der Waals surface area contributed by atoms with Crippen molar-refractivity contribution in [1.82, 2.24) is 5.32 Å². The van der Waals surface area contributed by atoms with Crippen molar-refractivity contribution in [3.05, 3.63) is 35.4 Å². The minimum Gasteiger partial charge on any atom is -0.444 e. The van der Waals surface area contributed by atoms with Gasteiger partial charge in [-0.3, -0.25) is 4.79 Å². The van der Waals surface area contributed by atoms with E-state index in [0.717, 1.165) is 18.4 Å². The highest BCUT2D eigenvalue weighted by atomic mass is 16.6. The molecule has 0 saturated heterocycles. The van der Waals surface area contributed by atoms with Gasteiger partial charge < -0.3 is 10.1 Å². The van der Waals surface area contributed by atoms with Crippen LogP contribution < -0.4 is 5.32 Å². The third-order valence-electron chi connectivity index (χ3n) is 3.07. The zero-order chi connectivity index (χ0) is 14.8. The first-order valence-corrected chi connectivity index (χ1v) is 6.96. The summed E-state index contributed by atoms with van der Waals surface area (Å²) in [4.78, 5) is 23.7. The largest absolute Gasteiger partial charge is 0.444 e. The molecule has 1 N–H and O–H groups in total. The molecule has 1 aromatic carbocycles. The summed E-state index contributed by atoms with van der Waals surface area (Å²) in [6.45, 7) is 5.34. The smallest absolute Gasteiger partial charge is 0.408 e. The number of Topliss-reactive ketones (excluding diaryl/α,β-unsaturated/α-hetero) is 1. The van der Waals surface area contributed by atoms with Crippen molar-refractivity contribution in [2.24, 2.45) is 0 Å². The number of ketones is 1. The number of rotatable bonds is 4. The molecule has 1 amide bonds. The summed E-state index contributed by atoms with van der Waals surface area (Å²) >= 11 is 0. The third kappa shape index (κ3) is 4.08. The third-order valence-corrected chi connectivity index (χ3v) is 3.07. The van der Waals surface area contributed by atoms with E-state index < -0.39 is 11.7 Å². The van der Waals surface area contributed by atoms with E-state index in [4.69, 9.17) is 4.74 Å². The van der Waals surface area contributed by atoms with Crippen molar-refractivity contribution >= 4 is 11.9 Å². The van der Waals surface area contributed by atoms with Crippen LogP contribution in [-0.2, 0) is 4.74 Å². The summed E-state index contributed by atoms with van der Waals surface area (Å²) in [7, 11) is 0. The number of alkyl carbamates (subject to hydrolysis) is 1. The minimum atomic E-state index is -0.560. The highest BCUT2D eigenvalue weighted by molar-refractivity contribution is 6.00. The lowest BCUT2D eigenvalue weighted by atomic mass is 10.00. The molecular formula is C16H21NO3. The van der Waals surface area contributed by atoms with Gasteiger partial charge in [0, 0.05) is 5.56 Å². The highest BCUT2D eigenvalue weighted by Gasteiger charge is 2.27. The van der Waals surface area contributed by atoms with Gasteiger partial charge in [-0.1, -0.05) is 24.3 Å². The maximum absolute atomic E-state index is 12.2. The lowest BCUT2D eigenvalue weighted by Gasteiger charge is -2.19. The van der Waals surface area contributed by atoms with Crippen molar-refractivity contribution in [1.29, 1.82) is 0 Å². The summed E-state index contributed by atoms with van der Waals surface area (Å²) in [6, 6.07) is 7.63. The predicted molar refractivity (Wildman–Crippen MR) is 77.0 cm³/mol. The number of hydrogen-bond acceptors (Lipinski definition) is 3. The second kappa shape index (κ2) is 5.65. The van der Waals surface area contributed by atoms with Crippen LogP contribution in [0.15, 0.2) is 24.3 Å². The molecule has 0 bridgehead atoms. The molecule has 0 atom stereocenters. The SMILES string of the molecule is CC(C)(C)OC(=O)NCC(=O)c1ccccc1C1CC1. The van der Waals surface area contributed by atoms with Crippen molar-refractivity contribution in [3.8, 4) is 0 Å². The van der Waals surface area contributed by atoms with Crippen LogP contribution >= 0.6 is 0 Å². The van der Waals surface area contributed by atoms with Crippen LogP contribution in [0.3, 0.4) is 0 Å². The summed E-state index contributed by atoms with van der Waals surface area (Å²) in [6.07, 6.45) is 1.72. The zero-order valence-electron chi connectivity index (χ0n) is 12.2. The lowest BCUT2D eigenvalue weighted by Crippen LogP contribution is -2.35. The monoisotopic (exact) mass is 275 g/mol. The Morgan fingerprint density at radius 1 is 1.25 bits per heavy atom. The number of amides is 1. The van der Waals surface area contributed by atoms with Crippen LogP contribution in [0.25, 0.3) is 0 Å². The Morgan fingerprint density at radius 3 is 2.50 bits per heavy atom. The molecule has 1 fully saturated rings. The highest BCUT2D eigenvalue weighted by Crippen LogP contribution is 2.41. The minimum absolute atomic E-state index is 0.0291. The van der Waals surface area contributed by atoms with Crippen LogP contribution in [0.2, 0.25) is 0 Å². The average Bonchev–Trinajstić information content (AvgIpc) is 3.18. The molecule has 1 aliphatic rings. The molecule has 108 valence electrons. The summed E-state index contributed by atoms with van der Waals surface area (Å²) in [5, 5.41) is 2.51. The van der Waals surface area contributed by atoms with Gasteiger partial charge in [-0.05, 0) is 45.1 Å². The Morgan fingerprint density at radius 2 is 1.90 bits per heavy atom. The number of benzene rings is 1. The molecule has 0 heterocycles. The molecule has 1 saturated carbocycles. The Balaban J connectivity index is 1.94. The Hall–Kier alpha value is -1.84. The second-order valence-corrected chi connectivity index (χ2v) is 6.14. The fourth-order valence-electron chi connectivity index (χ4n) is 2.06. The molecule has 0 spiro atoms. The number of hydrogen-bond donors (Lipinski definition) is 1. The van der Waals surface area contributed by atoms with Crippen molar-refractivity contribution < 1.29 is 14.3 Å². The molecule has 0 unspecified atom stereocenters. The fourth-order valence-corrected chi connectivity index (χ4v) is 2.06. The molecule has 0 aromatic heterocycles. The maximum Gasteiger partial charge on any atom is 0.408 e. The van der Waals surface area contributed by atoms with Gasteiger partial charge in [0.15, 0.2) is 5.78 Å². The second-order valence-electron chi connectivity index (χ2n) is 6.14. The molecular weight excluding hydrogens is 254 g/mol. The number of carbonyl (C=O) groups is 2. The van der Waals surface area contributed by atoms with E-state index in [1.165, 1.54) is 0 Å². The molecule has 0 aliphatic heterocycles. The van der Waals surface area contributed by atoms with Gasteiger partial charge in [0.2, 0.25) is 0 Å². The summed E-state index contributed by atoms with van der Waals surface area (Å²) in [5.41, 5.74) is 1.26. The van der Waals surface area contributed by atoms with Gasteiger partial charge in [-0.2, -0.15) is 0 Å². The van der Waals surface area contributed by atoms with E-state index in [1.807, 2.05) is 24.3 Å². The molecule has 1 aliphatic carbocycles.